The van der Waals surface area contributed by atoms with Gasteiger partial charge in [0.1, 0.15) is 0 Å². The predicted octanol–water partition coefficient (Wildman–Crippen LogP) is 1.19. The molecule has 2 N–H and O–H groups in total. The average molecular weight is 149 g/mol. The van der Waals surface area contributed by atoms with E-state index in [0.29, 0.717) is 6.42 Å². The van der Waals surface area contributed by atoms with Gasteiger partial charge in [-0.1, -0.05) is 0 Å². The van der Waals surface area contributed by atoms with Crippen LogP contribution in [0.4, 0.5) is 0 Å². The molecule has 0 saturated carbocycles. The van der Waals surface area contributed by atoms with E-state index in [1.54, 1.807) is 0 Å². The summed E-state index contributed by atoms with van der Waals surface area (Å²) < 4.78 is 0. The second kappa shape index (κ2) is 3.79. The standard InChI is InChI=1S/C8H11N3/c1-10-8(2-4-9)7-3-5-11-6-7/h3,5-6,8,10-11H,2H2,1H3. The summed E-state index contributed by atoms with van der Waals surface area (Å²) in [5.41, 5.74) is 1.13. The van der Waals surface area contributed by atoms with E-state index in [0.717, 1.165) is 5.56 Å². The van der Waals surface area contributed by atoms with Crippen molar-refractivity contribution in [2.24, 2.45) is 0 Å². The maximum Gasteiger partial charge on any atom is 0.0641 e. The lowest BCUT2D eigenvalue weighted by atomic mass is 10.1. The topological polar surface area (TPSA) is 51.6 Å². The monoisotopic (exact) mass is 149 g/mol. The van der Waals surface area contributed by atoms with Crippen molar-refractivity contribution in [1.29, 1.82) is 5.26 Å². The van der Waals surface area contributed by atoms with Crippen LogP contribution in [0.2, 0.25) is 0 Å². The smallest absolute Gasteiger partial charge is 0.0641 e. The SMILES string of the molecule is CNC(CC#N)c1cc[nH]c1. The molecule has 0 spiro atoms. The van der Waals surface area contributed by atoms with E-state index in [-0.39, 0.29) is 6.04 Å². The first-order chi connectivity index (χ1) is 5.38. The van der Waals surface area contributed by atoms with E-state index >= 15 is 0 Å². The summed E-state index contributed by atoms with van der Waals surface area (Å²) in [6.07, 6.45) is 4.27. The summed E-state index contributed by atoms with van der Waals surface area (Å²) >= 11 is 0. The van der Waals surface area contributed by atoms with Crippen LogP contribution in [0.25, 0.3) is 0 Å². The summed E-state index contributed by atoms with van der Waals surface area (Å²) in [6.45, 7) is 0. The zero-order chi connectivity index (χ0) is 8.10. The van der Waals surface area contributed by atoms with Gasteiger partial charge in [0.2, 0.25) is 0 Å². The minimum absolute atomic E-state index is 0.159. The molecule has 1 atom stereocenters. The summed E-state index contributed by atoms with van der Waals surface area (Å²) in [4.78, 5) is 2.95. The van der Waals surface area contributed by atoms with Crippen LogP contribution in [0.1, 0.15) is 18.0 Å². The Morgan fingerprint density at radius 1 is 1.82 bits per heavy atom. The van der Waals surface area contributed by atoms with Crippen LogP contribution in [0, 0.1) is 11.3 Å². The van der Waals surface area contributed by atoms with Crippen molar-refractivity contribution in [2.75, 3.05) is 7.05 Å². The van der Waals surface area contributed by atoms with Gasteiger partial charge in [-0.2, -0.15) is 5.26 Å². The molecule has 3 nitrogen and oxygen atoms in total. The Morgan fingerprint density at radius 2 is 2.64 bits per heavy atom. The van der Waals surface area contributed by atoms with Crippen LogP contribution < -0.4 is 5.32 Å². The molecule has 0 aliphatic rings. The molecule has 1 heterocycles. The lowest BCUT2D eigenvalue weighted by Gasteiger charge is -2.08. The van der Waals surface area contributed by atoms with Gasteiger partial charge in [-0.15, -0.1) is 0 Å². The Hall–Kier alpha value is -1.27. The predicted molar refractivity (Wildman–Crippen MR) is 42.8 cm³/mol. The van der Waals surface area contributed by atoms with Gasteiger partial charge < -0.3 is 10.3 Å². The van der Waals surface area contributed by atoms with Crippen molar-refractivity contribution in [1.82, 2.24) is 10.3 Å². The number of aromatic nitrogens is 1. The normalized spacial score (nSPS) is 12.4. The maximum atomic E-state index is 8.47. The highest BCUT2D eigenvalue weighted by Gasteiger charge is 2.07. The molecule has 0 aliphatic heterocycles. The van der Waals surface area contributed by atoms with Crippen LogP contribution in [0.5, 0.6) is 0 Å². The zero-order valence-electron chi connectivity index (χ0n) is 6.46. The average Bonchev–Trinajstić information content (AvgIpc) is 2.52. The van der Waals surface area contributed by atoms with Crippen molar-refractivity contribution in [3.63, 3.8) is 0 Å². The number of nitrogens with zero attached hydrogens (tertiary/aromatic N) is 1. The number of hydrogen-bond acceptors (Lipinski definition) is 2. The highest BCUT2D eigenvalue weighted by Crippen LogP contribution is 2.13. The Balaban J connectivity index is 2.65. The molecule has 0 aliphatic carbocycles. The number of nitrogens with one attached hydrogen (secondary N) is 2. The largest absolute Gasteiger partial charge is 0.367 e. The number of rotatable bonds is 3. The first kappa shape index (κ1) is 7.83. The summed E-state index contributed by atoms with van der Waals surface area (Å²) in [5.74, 6) is 0. The fourth-order valence-corrected chi connectivity index (χ4v) is 1.03. The molecule has 1 aromatic rings. The molecule has 3 heteroatoms. The summed E-state index contributed by atoms with van der Waals surface area (Å²) in [7, 11) is 1.86. The Bertz CT molecular complexity index is 232. The Labute approximate surface area is 66.0 Å². The second-order valence-electron chi connectivity index (χ2n) is 2.35. The fourth-order valence-electron chi connectivity index (χ4n) is 1.03. The number of hydrogen-bond donors (Lipinski definition) is 2. The van der Waals surface area contributed by atoms with E-state index in [2.05, 4.69) is 16.4 Å². The Kier molecular flexibility index (Phi) is 2.70. The lowest BCUT2D eigenvalue weighted by molar-refractivity contribution is 0.609. The molecule has 0 radical (unpaired) electrons. The lowest BCUT2D eigenvalue weighted by Crippen LogP contribution is -2.14. The van der Waals surface area contributed by atoms with Gasteiger partial charge in [-0.05, 0) is 18.7 Å². The van der Waals surface area contributed by atoms with E-state index in [4.69, 9.17) is 5.26 Å². The summed E-state index contributed by atoms with van der Waals surface area (Å²) in [5, 5.41) is 11.5. The molecule has 1 rings (SSSR count). The molecule has 1 unspecified atom stereocenters. The van der Waals surface area contributed by atoms with Crippen LogP contribution >= 0.6 is 0 Å². The highest BCUT2D eigenvalue weighted by atomic mass is 14.9. The van der Waals surface area contributed by atoms with Crippen LogP contribution in [0.3, 0.4) is 0 Å². The quantitative estimate of drug-likeness (QED) is 0.678. The second-order valence-corrected chi connectivity index (χ2v) is 2.35. The Morgan fingerprint density at radius 3 is 3.09 bits per heavy atom. The fraction of sp³-hybridized carbons (Fsp3) is 0.375. The molecular weight excluding hydrogens is 138 g/mol. The summed E-state index contributed by atoms with van der Waals surface area (Å²) in [6, 6.07) is 4.26. The van der Waals surface area contributed by atoms with Crippen molar-refractivity contribution < 1.29 is 0 Å². The van der Waals surface area contributed by atoms with Gasteiger partial charge in [-0.25, -0.2) is 0 Å². The molecule has 0 fully saturated rings. The van der Waals surface area contributed by atoms with Gasteiger partial charge in [0.05, 0.1) is 12.5 Å². The first-order valence-electron chi connectivity index (χ1n) is 3.55. The van der Waals surface area contributed by atoms with Crippen molar-refractivity contribution in [3.8, 4) is 6.07 Å². The van der Waals surface area contributed by atoms with Crippen molar-refractivity contribution in [2.45, 2.75) is 12.5 Å². The van der Waals surface area contributed by atoms with E-state index < -0.39 is 0 Å². The minimum atomic E-state index is 0.159. The maximum absolute atomic E-state index is 8.47. The third-order valence-electron chi connectivity index (χ3n) is 1.67. The van der Waals surface area contributed by atoms with Gasteiger partial charge in [-0.3, -0.25) is 0 Å². The molecule has 58 valence electrons. The van der Waals surface area contributed by atoms with Crippen LogP contribution in [-0.2, 0) is 0 Å². The molecule has 0 aromatic carbocycles. The first-order valence-corrected chi connectivity index (χ1v) is 3.55. The highest BCUT2D eigenvalue weighted by molar-refractivity contribution is 5.15. The third-order valence-corrected chi connectivity index (χ3v) is 1.67. The van der Waals surface area contributed by atoms with Gasteiger partial charge in [0, 0.05) is 18.4 Å². The number of aromatic amines is 1. The molecular formula is C8H11N3. The third kappa shape index (κ3) is 1.82. The molecule has 0 saturated heterocycles. The minimum Gasteiger partial charge on any atom is -0.367 e. The van der Waals surface area contributed by atoms with E-state index in [1.165, 1.54) is 0 Å². The van der Waals surface area contributed by atoms with Crippen LogP contribution in [0.15, 0.2) is 18.5 Å². The van der Waals surface area contributed by atoms with Gasteiger partial charge >= 0.3 is 0 Å². The van der Waals surface area contributed by atoms with Gasteiger partial charge in [0.25, 0.3) is 0 Å². The van der Waals surface area contributed by atoms with Gasteiger partial charge in [0.15, 0.2) is 0 Å². The molecule has 0 amide bonds. The molecule has 11 heavy (non-hydrogen) atoms. The molecule has 0 bridgehead atoms. The number of nitriles is 1. The number of H-pyrrole nitrogens is 1. The van der Waals surface area contributed by atoms with Crippen LogP contribution in [-0.4, -0.2) is 12.0 Å². The molecule has 1 aromatic heterocycles. The van der Waals surface area contributed by atoms with Crippen molar-refractivity contribution >= 4 is 0 Å². The van der Waals surface area contributed by atoms with E-state index in [9.17, 15) is 0 Å². The van der Waals surface area contributed by atoms with E-state index in [1.807, 2.05) is 25.5 Å². The van der Waals surface area contributed by atoms with Crippen molar-refractivity contribution in [3.05, 3.63) is 24.0 Å². The zero-order valence-corrected chi connectivity index (χ0v) is 6.46.